The fourth-order valence-corrected chi connectivity index (χ4v) is 1.44. The highest BCUT2D eigenvalue weighted by Crippen LogP contribution is 2.13. The number of aromatic nitrogens is 2. The number of aliphatic hydroxyl groups is 2. The predicted molar refractivity (Wildman–Crippen MR) is 72.0 cm³/mol. The van der Waals surface area contributed by atoms with Gasteiger partial charge in [0.05, 0.1) is 17.6 Å². The number of aliphatic hydroxyl groups excluding tert-OH is 2. The van der Waals surface area contributed by atoms with Gasteiger partial charge in [0.2, 0.25) is 0 Å². The van der Waals surface area contributed by atoms with E-state index in [1.807, 2.05) is 0 Å². The van der Waals surface area contributed by atoms with E-state index >= 15 is 0 Å². The topological polar surface area (TPSA) is 105 Å². The lowest BCUT2D eigenvalue weighted by molar-refractivity contribution is 0.0106. The SMILES string of the molecule is Cc1cncc(C(O)C(O)CNC(=O)OC(C)(C)C)n1. The summed E-state index contributed by atoms with van der Waals surface area (Å²) >= 11 is 0. The highest BCUT2D eigenvalue weighted by molar-refractivity contribution is 5.67. The first kappa shape index (κ1) is 16.3. The fourth-order valence-electron chi connectivity index (χ4n) is 1.44. The van der Waals surface area contributed by atoms with E-state index in [0.717, 1.165) is 0 Å². The number of carbonyl (C=O) groups excluding carboxylic acids is 1. The third-order valence-corrected chi connectivity index (χ3v) is 2.30. The molecule has 1 heterocycles. The van der Waals surface area contributed by atoms with Crippen molar-refractivity contribution in [2.24, 2.45) is 0 Å². The summed E-state index contributed by atoms with van der Waals surface area (Å²) in [5.41, 5.74) is 0.271. The summed E-state index contributed by atoms with van der Waals surface area (Å²) in [6, 6.07) is 0. The molecule has 0 saturated carbocycles. The van der Waals surface area contributed by atoms with E-state index in [2.05, 4.69) is 15.3 Å². The highest BCUT2D eigenvalue weighted by atomic mass is 16.6. The highest BCUT2D eigenvalue weighted by Gasteiger charge is 2.22. The van der Waals surface area contributed by atoms with Gasteiger partial charge < -0.3 is 20.3 Å². The van der Waals surface area contributed by atoms with Crippen molar-refractivity contribution in [1.29, 1.82) is 0 Å². The van der Waals surface area contributed by atoms with Crippen LogP contribution < -0.4 is 5.32 Å². The molecule has 0 aromatic carbocycles. The van der Waals surface area contributed by atoms with Crippen LogP contribution in [0.1, 0.15) is 38.3 Å². The number of hydrogen-bond acceptors (Lipinski definition) is 6. The van der Waals surface area contributed by atoms with E-state index in [4.69, 9.17) is 4.74 Å². The third-order valence-electron chi connectivity index (χ3n) is 2.30. The number of nitrogens with zero attached hydrogens (tertiary/aromatic N) is 2. The van der Waals surface area contributed by atoms with Crippen LogP contribution in [0.5, 0.6) is 0 Å². The van der Waals surface area contributed by atoms with E-state index in [1.165, 1.54) is 6.20 Å². The molecule has 1 aromatic rings. The van der Waals surface area contributed by atoms with Gasteiger partial charge >= 0.3 is 6.09 Å². The third kappa shape index (κ3) is 5.50. The molecule has 0 aliphatic carbocycles. The van der Waals surface area contributed by atoms with Gasteiger partial charge in [-0.05, 0) is 27.7 Å². The number of aryl methyl sites for hydroxylation is 1. The molecule has 20 heavy (non-hydrogen) atoms. The number of nitrogens with one attached hydrogen (secondary N) is 1. The van der Waals surface area contributed by atoms with Gasteiger partial charge in [0.15, 0.2) is 0 Å². The number of hydrogen-bond donors (Lipinski definition) is 3. The van der Waals surface area contributed by atoms with E-state index in [-0.39, 0.29) is 12.2 Å². The summed E-state index contributed by atoms with van der Waals surface area (Å²) in [4.78, 5) is 19.4. The van der Waals surface area contributed by atoms with Crippen LogP contribution in [0.2, 0.25) is 0 Å². The minimum Gasteiger partial charge on any atom is -0.444 e. The van der Waals surface area contributed by atoms with Crippen molar-refractivity contribution in [2.45, 2.75) is 45.5 Å². The molecular weight excluding hydrogens is 262 g/mol. The molecule has 1 rings (SSSR count). The Morgan fingerprint density at radius 1 is 1.40 bits per heavy atom. The number of rotatable bonds is 4. The van der Waals surface area contributed by atoms with Crippen molar-refractivity contribution in [3.05, 3.63) is 23.8 Å². The maximum absolute atomic E-state index is 11.4. The van der Waals surface area contributed by atoms with Gasteiger partial charge in [-0.3, -0.25) is 9.97 Å². The summed E-state index contributed by atoms with van der Waals surface area (Å²) in [6.45, 7) is 6.79. The van der Waals surface area contributed by atoms with Crippen molar-refractivity contribution in [2.75, 3.05) is 6.54 Å². The molecule has 0 spiro atoms. The minimum absolute atomic E-state index is 0.147. The van der Waals surface area contributed by atoms with Gasteiger partial charge in [-0.2, -0.15) is 0 Å². The van der Waals surface area contributed by atoms with Crippen molar-refractivity contribution < 1.29 is 19.7 Å². The quantitative estimate of drug-likeness (QED) is 0.751. The molecule has 2 unspecified atom stereocenters. The molecule has 2 atom stereocenters. The first-order chi connectivity index (χ1) is 9.19. The Bertz CT molecular complexity index is 459. The molecule has 0 aliphatic heterocycles. The monoisotopic (exact) mass is 283 g/mol. The number of amides is 1. The van der Waals surface area contributed by atoms with E-state index < -0.39 is 23.9 Å². The molecule has 1 amide bonds. The summed E-state index contributed by atoms with van der Waals surface area (Å²) in [6.07, 6.45) is -0.161. The van der Waals surface area contributed by atoms with Gasteiger partial charge in [0, 0.05) is 12.7 Å². The number of ether oxygens (including phenoxy) is 1. The number of alkyl carbamates (subject to hydrolysis) is 1. The van der Waals surface area contributed by atoms with Crippen molar-refractivity contribution in [3.63, 3.8) is 0 Å². The molecule has 112 valence electrons. The van der Waals surface area contributed by atoms with Gasteiger partial charge in [0.1, 0.15) is 17.8 Å². The zero-order valence-electron chi connectivity index (χ0n) is 12.1. The van der Waals surface area contributed by atoms with Crippen molar-refractivity contribution in [3.8, 4) is 0 Å². The average molecular weight is 283 g/mol. The van der Waals surface area contributed by atoms with Crippen LogP contribution >= 0.6 is 0 Å². The normalized spacial score (nSPS) is 14.5. The van der Waals surface area contributed by atoms with Gasteiger partial charge in [0.25, 0.3) is 0 Å². The second-order valence-corrected chi connectivity index (χ2v) is 5.48. The van der Waals surface area contributed by atoms with Crippen LogP contribution in [-0.4, -0.2) is 44.5 Å². The Morgan fingerprint density at radius 3 is 2.60 bits per heavy atom. The molecule has 0 aliphatic rings. The average Bonchev–Trinajstić information content (AvgIpc) is 2.33. The lowest BCUT2D eigenvalue weighted by Gasteiger charge is -2.22. The lowest BCUT2D eigenvalue weighted by Crippen LogP contribution is -2.39. The van der Waals surface area contributed by atoms with Crippen LogP contribution in [-0.2, 0) is 4.74 Å². The summed E-state index contributed by atoms with van der Waals surface area (Å²) in [5.74, 6) is 0. The molecule has 0 radical (unpaired) electrons. The van der Waals surface area contributed by atoms with Crippen LogP contribution in [0, 0.1) is 6.92 Å². The molecule has 0 bridgehead atoms. The van der Waals surface area contributed by atoms with Crippen LogP contribution in [0.4, 0.5) is 4.79 Å². The van der Waals surface area contributed by atoms with Gasteiger partial charge in [-0.1, -0.05) is 0 Å². The van der Waals surface area contributed by atoms with Gasteiger partial charge in [-0.15, -0.1) is 0 Å². The first-order valence-electron chi connectivity index (χ1n) is 6.30. The molecule has 7 heteroatoms. The summed E-state index contributed by atoms with van der Waals surface area (Å²) in [5, 5.41) is 22.1. The van der Waals surface area contributed by atoms with Crippen molar-refractivity contribution in [1.82, 2.24) is 15.3 Å². The zero-order valence-corrected chi connectivity index (χ0v) is 12.1. The minimum atomic E-state index is -1.22. The maximum atomic E-state index is 11.4. The molecule has 7 nitrogen and oxygen atoms in total. The summed E-state index contributed by atoms with van der Waals surface area (Å²) in [7, 11) is 0. The Kier molecular flexibility index (Phi) is 5.41. The second kappa shape index (κ2) is 6.62. The van der Waals surface area contributed by atoms with E-state index in [0.29, 0.717) is 5.69 Å². The Hall–Kier alpha value is -1.73. The zero-order chi connectivity index (χ0) is 15.3. The molecular formula is C13H21N3O4. The first-order valence-corrected chi connectivity index (χ1v) is 6.30. The standard InChI is InChI=1S/C13H21N3O4/c1-8-5-14-6-9(16-8)11(18)10(17)7-15-12(19)20-13(2,3)4/h5-6,10-11,17-18H,7H2,1-4H3,(H,15,19). The second-order valence-electron chi connectivity index (χ2n) is 5.48. The molecule has 3 N–H and O–H groups in total. The smallest absolute Gasteiger partial charge is 0.407 e. The van der Waals surface area contributed by atoms with E-state index in [9.17, 15) is 15.0 Å². The molecule has 0 saturated heterocycles. The fraction of sp³-hybridized carbons (Fsp3) is 0.615. The molecule has 1 aromatic heterocycles. The van der Waals surface area contributed by atoms with Crippen LogP contribution in [0.3, 0.4) is 0 Å². The summed E-state index contributed by atoms with van der Waals surface area (Å²) < 4.78 is 5.02. The maximum Gasteiger partial charge on any atom is 0.407 e. The van der Waals surface area contributed by atoms with Gasteiger partial charge in [-0.25, -0.2) is 4.79 Å². The Balaban J connectivity index is 2.50. The lowest BCUT2D eigenvalue weighted by atomic mass is 10.1. The predicted octanol–water partition coefficient (Wildman–Crippen LogP) is 0.704. The van der Waals surface area contributed by atoms with Crippen molar-refractivity contribution >= 4 is 6.09 Å². The van der Waals surface area contributed by atoms with Crippen LogP contribution in [0.15, 0.2) is 12.4 Å². The molecule has 0 fully saturated rings. The number of carbonyl (C=O) groups is 1. The Morgan fingerprint density at radius 2 is 2.05 bits per heavy atom. The van der Waals surface area contributed by atoms with E-state index in [1.54, 1.807) is 33.9 Å². The largest absolute Gasteiger partial charge is 0.444 e. The van der Waals surface area contributed by atoms with Crippen LogP contribution in [0.25, 0.3) is 0 Å². The Labute approximate surface area is 118 Å².